The van der Waals surface area contributed by atoms with E-state index in [4.69, 9.17) is 5.11 Å². The number of aliphatic hydroxyl groups excluding tert-OH is 4. The summed E-state index contributed by atoms with van der Waals surface area (Å²) in [5.41, 5.74) is 0. The molecule has 0 radical (unpaired) electrons. The van der Waals surface area contributed by atoms with E-state index in [-0.39, 0.29) is 12.5 Å². The second-order valence-electron chi connectivity index (χ2n) is 10.7. The molecule has 0 aliphatic heterocycles. The summed E-state index contributed by atoms with van der Waals surface area (Å²) in [5, 5.41) is 38.5. The Bertz CT molecular complexity index is 544. The lowest BCUT2D eigenvalue weighted by atomic mass is 10.0. The minimum atomic E-state index is -1.84. The van der Waals surface area contributed by atoms with E-state index in [9.17, 15) is 24.9 Å². The molecule has 0 bridgehead atoms. The fraction of sp³-hybridized carbons (Fsp3) is 0.933. The SMILES string of the molecule is CCCCCCCCCCCCN(CC(=O)[C@@H](O)[C@H](O)[C@H](O)CO)C(=O)CCCCCCCCCCC. The first-order chi connectivity index (χ1) is 17.9. The van der Waals surface area contributed by atoms with Gasteiger partial charge in [-0.25, -0.2) is 0 Å². The van der Waals surface area contributed by atoms with Crippen molar-refractivity contribution in [1.29, 1.82) is 0 Å². The lowest BCUT2D eigenvalue weighted by molar-refractivity contribution is -0.145. The van der Waals surface area contributed by atoms with Crippen LogP contribution in [0, 0.1) is 0 Å². The highest BCUT2D eigenvalue weighted by Gasteiger charge is 2.31. The Labute approximate surface area is 227 Å². The van der Waals surface area contributed by atoms with Gasteiger partial charge in [0.15, 0.2) is 5.78 Å². The Morgan fingerprint density at radius 1 is 0.622 bits per heavy atom. The Hall–Kier alpha value is -1.02. The molecule has 0 heterocycles. The minimum absolute atomic E-state index is 0.100. The molecule has 0 aliphatic rings. The van der Waals surface area contributed by atoms with Crippen LogP contribution in [0.2, 0.25) is 0 Å². The lowest BCUT2D eigenvalue weighted by Gasteiger charge is -2.26. The smallest absolute Gasteiger partial charge is 0.222 e. The zero-order valence-electron chi connectivity index (χ0n) is 24.0. The summed E-state index contributed by atoms with van der Waals surface area (Å²) in [7, 11) is 0. The molecule has 7 heteroatoms. The molecular weight excluding hydrogens is 470 g/mol. The number of hydrogen-bond donors (Lipinski definition) is 4. The van der Waals surface area contributed by atoms with E-state index in [1.54, 1.807) is 0 Å². The fourth-order valence-electron chi connectivity index (χ4n) is 4.62. The molecule has 0 saturated carbocycles. The minimum Gasteiger partial charge on any atom is -0.394 e. The van der Waals surface area contributed by atoms with Crippen LogP contribution in [0.5, 0.6) is 0 Å². The predicted octanol–water partition coefficient (Wildman–Crippen LogP) is 5.30. The van der Waals surface area contributed by atoms with Gasteiger partial charge in [-0.15, -0.1) is 0 Å². The molecule has 0 aliphatic carbocycles. The maximum atomic E-state index is 12.9. The van der Waals surface area contributed by atoms with Crippen molar-refractivity contribution in [3.63, 3.8) is 0 Å². The van der Waals surface area contributed by atoms with Crippen molar-refractivity contribution in [3.8, 4) is 0 Å². The van der Waals surface area contributed by atoms with E-state index in [0.717, 1.165) is 38.5 Å². The highest BCUT2D eigenvalue weighted by molar-refractivity contribution is 5.89. The van der Waals surface area contributed by atoms with Crippen LogP contribution in [0.4, 0.5) is 0 Å². The standard InChI is InChI=1S/C30H59NO6/c1-3-5-7-9-11-13-15-17-19-21-23-31(24-26(33)29(36)30(37)27(34)25-32)28(35)22-20-18-16-14-12-10-8-6-4-2/h27,29-30,32,34,36-37H,3-25H2,1-2H3/t27-,29-,30-/m1/s1. The van der Waals surface area contributed by atoms with E-state index < -0.39 is 30.7 Å². The second kappa shape index (κ2) is 25.3. The van der Waals surface area contributed by atoms with Crippen LogP contribution in [0.3, 0.4) is 0 Å². The molecule has 220 valence electrons. The first-order valence-corrected chi connectivity index (χ1v) is 15.3. The monoisotopic (exact) mass is 529 g/mol. The predicted molar refractivity (Wildman–Crippen MR) is 150 cm³/mol. The van der Waals surface area contributed by atoms with E-state index in [0.29, 0.717) is 13.0 Å². The maximum absolute atomic E-state index is 12.9. The number of nitrogens with zero attached hydrogens (tertiary/aromatic N) is 1. The quantitative estimate of drug-likeness (QED) is 0.107. The van der Waals surface area contributed by atoms with Gasteiger partial charge in [-0.3, -0.25) is 9.59 Å². The zero-order valence-corrected chi connectivity index (χ0v) is 24.0. The Morgan fingerprint density at radius 2 is 1.03 bits per heavy atom. The third-order valence-corrected chi connectivity index (χ3v) is 7.21. The van der Waals surface area contributed by atoms with Gasteiger partial charge in [0.1, 0.15) is 18.3 Å². The summed E-state index contributed by atoms with van der Waals surface area (Å²) in [6.45, 7) is 3.84. The number of Topliss-reactive ketones (excluding diaryl/α,β-unsaturated/α-hetero) is 1. The molecule has 0 rings (SSSR count). The molecule has 0 spiro atoms. The number of rotatable bonds is 27. The number of hydrogen-bond acceptors (Lipinski definition) is 6. The molecule has 0 fully saturated rings. The van der Waals surface area contributed by atoms with Gasteiger partial charge in [0.25, 0.3) is 0 Å². The van der Waals surface area contributed by atoms with Crippen LogP contribution >= 0.6 is 0 Å². The van der Waals surface area contributed by atoms with Crippen molar-refractivity contribution in [2.75, 3.05) is 19.7 Å². The number of amides is 1. The van der Waals surface area contributed by atoms with Crippen molar-refractivity contribution >= 4 is 11.7 Å². The third kappa shape index (κ3) is 19.7. The highest BCUT2D eigenvalue weighted by Crippen LogP contribution is 2.14. The molecule has 0 aromatic heterocycles. The van der Waals surface area contributed by atoms with Gasteiger partial charge in [0, 0.05) is 13.0 Å². The number of aliphatic hydroxyl groups is 4. The molecule has 0 unspecified atom stereocenters. The average molecular weight is 530 g/mol. The fourth-order valence-corrected chi connectivity index (χ4v) is 4.62. The topological polar surface area (TPSA) is 118 Å². The molecule has 4 N–H and O–H groups in total. The molecule has 0 aromatic carbocycles. The van der Waals surface area contributed by atoms with Gasteiger partial charge in [-0.05, 0) is 12.8 Å². The largest absolute Gasteiger partial charge is 0.394 e. The normalized spacial score (nSPS) is 13.9. The van der Waals surface area contributed by atoms with E-state index in [2.05, 4.69) is 13.8 Å². The molecular formula is C30H59NO6. The molecule has 37 heavy (non-hydrogen) atoms. The summed E-state index contributed by atoms with van der Waals surface area (Å²) in [6.07, 6.45) is 17.4. The van der Waals surface area contributed by atoms with Crippen LogP contribution in [0.1, 0.15) is 142 Å². The lowest BCUT2D eigenvalue weighted by Crippen LogP contribution is -2.48. The third-order valence-electron chi connectivity index (χ3n) is 7.21. The first kappa shape index (κ1) is 36.0. The van der Waals surface area contributed by atoms with Crippen LogP contribution in [-0.4, -0.2) is 75.0 Å². The van der Waals surface area contributed by atoms with Crippen molar-refractivity contribution in [2.24, 2.45) is 0 Å². The van der Waals surface area contributed by atoms with Crippen molar-refractivity contribution < 1.29 is 30.0 Å². The summed E-state index contributed by atoms with van der Waals surface area (Å²) in [6, 6.07) is 0. The number of unbranched alkanes of at least 4 members (excludes halogenated alkanes) is 17. The number of carbonyl (C=O) groups excluding carboxylic acids is 2. The van der Waals surface area contributed by atoms with Crippen molar-refractivity contribution in [3.05, 3.63) is 0 Å². The van der Waals surface area contributed by atoms with Crippen LogP contribution in [0.25, 0.3) is 0 Å². The van der Waals surface area contributed by atoms with Crippen LogP contribution in [0.15, 0.2) is 0 Å². The van der Waals surface area contributed by atoms with Crippen molar-refractivity contribution in [2.45, 2.75) is 161 Å². The van der Waals surface area contributed by atoms with Gasteiger partial charge >= 0.3 is 0 Å². The molecule has 0 saturated heterocycles. The Morgan fingerprint density at radius 3 is 1.46 bits per heavy atom. The van der Waals surface area contributed by atoms with Gasteiger partial charge in [0.05, 0.1) is 13.2 Å². The molecule has 3 atom stereocenters. The summed E-state index contributed by atoms with van der Waals surface area (Å²) in [5.74, 6) is -0.816. The van der Waals surface area contributed by atoms with Crippen molar-refractivity contribution in [1.82, 2.24) is 4.90 Å². The first-order valence-electron chi connectivity index (χ1n) is 15.3. The van der Waals surface area contributed by atoms with Crippen LogP contribution < -0.4 is 0 Å². The van der Waals surface area contributed by atoms with E-state index in [1.165, 1.54) is 88.4 Å². The summed E-state index contributed by atoms with van der Waals surface area (Å²) >= 11 is 0. The maximum Gasteiger partial charge on any atom is 0.222 e. The van der Waals surface area contributed by atoms with E-state index >= 15 is 0 Å². The zero-order chi connectivity index (χ0) is 27.7. The average Bonchev–Trinajstić information content (AvgIpc) is 2.90. The van der Waals surface area contributed by atoms with Gasteiger partial charge in [-0.1, -0.05) is 123 Å². The number of ketones is 1. The number of carbonyl (C=O) groups is 2. The Balaban J connectivity index is 4.48. The highest BCUT2D eigenvalue weighted by atomic mass is 16.4. The summed E-state index contributed by atoms with van der Waals surface area (Å²) < 4.78 is 0. The van der Waals surface area contributed by atoms with Gasteiger partial charge < -0.3 is 25.3 Å². The van der Waals surface area contributed by atoms with E-state index in [1.807, 2.05) is 0 Å². The molecule has 7 nitrogen and oxygen atoms in total. The molecule has 0 aromatic rings. The molecule has 1 amide bonds. The van der Waals surface area contributed by atoms with Gasteiger partial charge in [-0.2, -0.15) is 0 Å². The summed E-state index contributed by atoms with van der Waals surface area (Å²) in [4.78, 5) is 26.9. The van der Waals surface area contributed by atoms with Gasteiger partial charge in [0.2, 0.25) is 5.91 Å². The second-order valence-corrected chi connectivity index (χ2v) is 10.7. The Kier molecular flexibility index (Phi) is 24.6. The van der Waals surface area contributed by atoms with Crippen LogP contribution in [-0.2, 0) is 9.59 Å².